The Morgan fingerprint density at radius 3 is 2.47 bits per heavy atom. The van der Waals surface area contributed by atoms with Crippen LogP contribution >= 0.6 is 0 Å². The highest BCUT2D eigenvalue weighted by atomic mass is 19.4. The van der Waals surface area contributed by atoms with Gasteiger partial charge in [-0.2, -0.15) is 18.3 Å². The lowest BCUT2D eigenvalue weighted by Gasteiger charge is -2.31. The van der Waals surface area contributed by atoms with Gasteiger partial charge in [-0.3, -0.25) is 5.10 Å². The van der Waals surface area contributed by atoms with Crippen LogP contribution in [0.2, 0.25) is 0 Å². The first-order chi connectivity index (χ1) is 15.4. The van der Waals surface area contributed by atoms with Crippen molar-refractivity contribution >= 4 is 28.5 Å². The number of H-pyrrole nitrogens is 1. The lowest BCUT2D eigenvalue weighted by Crippen LogP contribution is -2.30. The number of alkyl halides is 3. The molecule has 9 heteroatoms. The average molecular weight is 442 g/mol. The summed E-state index contributed by atoms with van der Waals surface area (Å²) >= 11 is 0. The van der Waals surface area contributed by atoms with Crippen LogP contribution in [0.3, 0.4) is 0 Å². The van der Waals surface area contributed by atoms with Gasteiger partial charge in [-0.25, -0.2) is 4.98 Å². The van der Waals surface area contributed by atoms with Crippen molar-refractivity contribution in [1.82, 2.24) is 15.2 Å². The van der Waals surface area contributed by atoms with E-state index in [0.29, 0.717) is 28.9 Å². The fourth-order valence-corrected chi connectivity index (χ4v) is 5.17. The Bertz CT molecular complexity index is 1190. The van der Waals surface area contributed by atoms with E-state index in [-0.39, 0.29) is 5.56 Å². The molecule has 4 N–H and O–H groups in total. The number of hydrogen-bond acceptors (Lipinski definition) is 5. The Morgan fingerprint density at radius 2 is 1.78 bits per heavy atom. The zero-order valence-corrected chi connectivity index (χ0v) is 17.6. The lowest BCUT2D eigenvalue weighted by molar-refractivity contribution is -0.140. The molecule has 168 valence electrons. The normalized spacial score (nSPS) is 16.9. The molecule has 1 aliphatic carbocycles. The Labute approximate surface area is 183 Å². The molecular weight excluding hydrogens is 417 g/mol. The molecular formula is C23H25F3N6. The summed E-state index contributed by atoms with van der Waals surface area (Å²) in [5.74, 6) is 0. The highest BCUT2D eigenvalue weighted by Crippen LogP contribution is 2.44. The highest BCUT2D eigenvalue weighted by molar-refractivity contribution is 6.10. The molecule has 3 aromatic rings. The van der Waals surface area contributed by atoms with Gasteiger partial charge in [0.1, 0.15) is 5.69 Å². The van der Waals surface area contributed by atoms with Crippen molar-refractivity contribution in [3.05, 3.63) is 34.6 Å². The number of anilines is 2. The van der Waals surface area contributed by atoms with Crippen LogP contribution in [0.5, 0.6) is 0 Å². The van der Waals surface area contributed by atoms with Crippen molar-refractivity contribution in [2.24, 2.45) is 0 Å². The summed E-state index contributed by atoms with van der Waals surface area (Å²) in [5, 5.41) is 14.6. The molecule has 6 nitrogen and oxygen atoms in total. The average Bonchev–Trinajstić information content (AvgIpc) is 3.29. The van der Waals surface area contributed by atoms with Gasteiger partial charge in [-0.05, 0) is 62.1 Å². The van der Waals surface area contributed by atoms with Crippen LogP contribution < -0.4 is 10.6 Å². The first kappa shape index (κ1) is 20.8. The van der Waals surface area contributed by atoms with Crippen LogP contribution in [0.1, 0.15) is 54.5 Å². The first-order valence-corrected chi connectivity index (χ1v) is 11.0. The van der Waals surface area contributed by atoms with Crippen LogP contribution in [-0.4, -0.2) is 34.5 Å². The number of nitrogens with one attached hydrogen (secondary N) is 2. The van der Waals surface area contributed by atoms with Gasteiger partial charge < -0.3 is 16.0 Å². The molecule has 0 radical (unpaired) electrons. The van der Waals surface area contributed by atoms with Gasteiger partial charge in [-0.15, -0.1) is 0 Å². The van der Waals surface area contributed by atoms with E-state index in [1.807, 2.05) is 6.07 Å². The van der Waals surface area contributed by atoms with Crippen LogP contribution in [0.15, 0.2) is 12.3 Å². The Kier molecular flexibility index (Phi) is 5.06. The number of nitrogens with two attached hydrogens (primary N) is 1. The van der Waals surface area contributed by atoms with Crippen molar-refractivity contribution in [1.29, 1.82) is 5.41 Å². The molecule has 0 atom stereocenters. The third-order valence-corrected chi connectivity index (χ3v) is 6.65. The van der Waals surface area contributed by atoms with E-state index in [9.17, 15) is 13.2 Å². The second-order valence-electron chi connectivity index (χ2n) is 8.60. The van der Waals surface area contributed by atoms with Gasteiger partial charge in [-0.1, -0.05) is 0 Å². The Balaban J connectivity index is 1.86. The van der Waals surface area contributed by atoms with Gasteiger partial charge in [0, 0.05) is 35.9 Å². The maximum atomic E-state index is 13.7. The van der Waals surface area contributed by atoms with Crippen molar-refractivity contribution in [2.75, 3.05) is 23.7 Å². The van der Waals surface area contributed by atoms with E-state index in [0.717, 1.165) is 73.8 Å². The second-order valence-corrected chi connectivity index (χ2v) is 8.60. The number of benzene rings is 1. The number of aromatic nitrogens is 3. The van der Waals surface area contributed by atoms with E-state index in [1.165, 1.54) is 12.4 Å². The van der Waals surface area contributed by atoms with E-state index in [4.69, 9.17) is 16.1 Å². The van der Waals surface area contributed by atoms with E-state index in [2.05, 4.69) is 15.1 Å². The number of fused-ring (bicyclic) bond motifs is 3. The summed E-state index contributed by atoms with van der Waals surface area (Å²) in [6, 6.07) is 1.83. The summed E-state index contributed by atoms with van der Waals surface area (Å²) in [6.45, 7) is 1.71. The molecule has 0 saturated carbocycles. The van der Waals surface area contributed by atoms with Gasteiger partial charge in [0.2, 0.25) is 0 Å². The van der Waals surface area contributed by atoms with Gasteiger partial charge >= 0.3 is 6.18 Å². The molecule has 0 amide bonds. The fourth-order valence-electron chi connectivity index (χ4n) is 5.17. The summed E-state index contributed by atoms with van der Waals surface area (Å²) in [6.07, 6.45) is 4.35. The Morgan fingerprint density at radius 1 is 1.06 bits per heavy atom. The largest absolute Gasteiger partial charge is 0.433 e. The fraction of sp³-hybridized carbons (Fsp3) is 0.435. The number of aryl methyl sites for hydroxylation is 1. The van der Waals surface area contributed by atoms with Crippen LogP contribution in [0.25, 0.3) is 22.2 Å². The number of nitrogen functional groups attached to an aromatic ring is 1. The predicted molar refractivity (Wildman–Crippen MR) is 119 cm³/mol. The molecule has 1 fully saturated rings. The van der Waals surface area contributed by atoms with Crippen LogP contribution in [0.4, 0.5) is 24.5 Å². The summed E-state index contributed by atoms with van der Waals surface area (Å²) in [7, 11) is 0. The number of hydrogen-bond donors (Lipinski definition) is 3. The summed E-state index contributed by atoms with van der Waals surface area (Å²) < 4.78 is 41.1. The smallest absolute Gasteiger partial charge is 0.398 e. The number of piperidine rings is 1. The zero-order chi connectivity index (χ0) is 22.5. The van der Waals surface area contributed by atoms with Gasteiger partial charge in [0.25, 0.3) is 0 Å². The van der Waals surface area contributed by atoms with Crippen molar-refractivity contribution < 1.29 is 13.2 Å². The van der Waals surface area contributed by atoms with Crippen molar-refractivity contribution in [3.8, 4) is 11.3 Å². The molecule has 5 rings (SSSR count). The molecule has 3 heterocycles. The number of rotatable bonds is 3. The number of nitrogens with zero attached hydrogens (tertiary/aromatic N) is 3. The quantitative estimate of drug-likeness (QED) is 0.389. The second kappa shape index (κ2) is 7.79. The SMILES string of the molecule is N=Cc1c(N)cc(N2CCCCC2)c2nc(-c3cn[nH]c3C(F)(F)F)c3c(c12)CCCC3. The molecule has 1 saturated heterocycles. The van der Waals surface area contributed by atoms with Gasteiger partial charge in [0.15, 0.2) is 0 Å². The van der Waals surface area contributed by atoms with E-state index < -0.39 is 11.9 Å². The molecule has 0 unspecified atom stereocenters. The number of halogens is 3. The predicted octanol–water partition coefficient (Wildman–Crippen LogP) is 5.09. The molecule has 1 aromatic carbocycles. The molecule has 0 bridgehead atoms. The Hall–Kier alpha value is -3.10. The maximum Gasteiger partial charge on any atom is 0.433 e. The molecule has 0 spiro atoms. The topological polar surface area (TPSA) is 94.7 Å². The number of pyridine rings is 1. The first-order valence-electron chi connectivity index (χ1n) is 11.0. The maximum absolute atomic E-state index is 13.7. The van der Waals surface area contributed by atoms with E-state index in [1.54, 1.807) is 0 Å². The minimum Gasteiger partial charge on any atom is -0.398 e. The van der Waals surface area contributed by atoms with Crippen LogP contribution in [0, 0.1) is 5.41 Å². The van der Waals surface area contributed by atoms with E-state index >= 15 is 0 Å². The standard InChI is InChI=1S/C23H25F3N6/c24-23(25,26)22-16(12-29-31-22)20-14-7-3-2-6-13(14)19-15(11-27)17(28)10-18(21(19)30-20)32-8-4-1-5-9-32/h10-12,27H,1-9,28H2,(H,29,31). The summed E-state index contributed by atoms with van der Waals surface area (Å²) in [4.78, 5) is 7.09. The monoisotopic (exact) mass is 442 g/mol. The zero-order valence-electron chi connectivity index (χ0n) is 17.6. The summed E-state index contributed by atoms with van der Waals surface area (Å²) in [5.41, 5.74) is 10.2. The molecule has 2 aliphatic rings. The molecule has 2 aromatic heterocycles. The minimum absolute atomic E-state index is 0.0182. The van der Waals surface area contributed by atoms with Crippen molar-refractivity contribution in [2.45, 2.75) is 51.1 Å². The third kappa shape index (κ3) is 3.30. The molecule has 32 heavy (non-hydrogen) atoms. The minimum atomic E-state index is -4.55. The van der Waals surface area contributed by atoms with Crippen LogP contribution in [-0.2, 0) is 19.0 Å². The number of aromatic amines is 1. The van der Waals surface area contributed by atoms with Crippen molar-refractivity contribution in [3.63, 3.8) is 0 Å². The highest BCUT2D eigenvalue weighted by Gasteiger charge is 2.37. The third-order valence-electron chi connectivity index (χ3n) is 6.65. The lowest BCUT2D eigenvalue weighted by atomic mass is 9.84. The molecule has 1 aliphatic heterocycles. The van der Waals surface area contributed by atoms with Gasteiger partial charge in [0.05, 0.1) is 28.7 Å².